The van der Waals surface area contributed by atoms with Crippen LogP contribution in [-0.2, 0) is 9.47 Å². The first-order valence-corrected chi connectivity index (χ1v) is 8.25. The zero-order valence-corrected chi connectivity index (χ0v) is 13.6. The van der Waals surface area contributed by atoms with Crippen LogP contribution >= 0.6 is 0 Å². The summed E-state index contributed by atoms with van der Waals surface area (Å²) in [6.45, 7) is 3.32. The van der Waals surface area contributed by atoms with Crippen molar-refractivity contribution in [2.45, 2.75) is 50.5 Å². The lowest BCUT2D eigenvalue weighted by molar-refractivity contribution is -0.135. The summed E-state index contributed by atoms with van der Waals surface area (Å²) in [4.78, 5) is 6.33. The predicted octanol–water partition coefficient (Wildman–Crippen LogP) is 2.17. The number of hydrogen-bond donors (Lipinski definition) is 1. The number of aliphatic imine (C=N–C) groups is 1. The minimum Gasteiger partial charge on any atom is -0.375 e. The lowest BCUT2D eigenvalue weighted by Crippen LogP contribution is -2.53. The topological polar surface area (TPSA) is 46.1 Å². The zero-order valence-electron chi connectivity index (χ0n) is 13.6. The fraction of sp³-hybridized carbons (Fsp3) is 0.933. The van der Waals surface area contributed by atoms with E-state index in [0.29, 0.717) is 26.1 Å². The van der Waals surface area contributed by atoms with Crippen LogP contribution in [0, 0.1) is 0 Å². The van der Waals surface area contributed by atoms with Gasteiger partial charge in [0, 0.05) is 39.7 Å². The average molecular weight is 337 g/mol. The third kappa shape index (κ3) is 6.18. The van der Waals surface area contributed by atoms with Gasteiger partial charge in [0.15, 0.2) is 5.96 Å². The van der Waals surface area contributed by atoms with Crippen molar-refractivity contribution in [2.75, 3.05) is 39.9 Å². The maximum atomic E-state index is 12.1. The highest BCUT2D eigenvalue weighted by atomic mass is 19.4. The van der Waals surface area contributed by atoms with Crippen LogP contribution in [0.5, 0.6) is 0 Å². The number of hydrogen-bond acceptors (Lipinski definition) is 3. The molecule has 0 aromatic heterocycles. The SMILES string of the molecule is CN=C(NCCCCC(F)(F)F)N1CCOC(C2CCCO2)C1. The number of halogens is 3. The van der Waals surface area contributed by atoms with Gasteiger partial charge in [-0.2, -0.15) is 13.2 Å². The molecule has 2 aliphatic rings. The van der Waals surface area contributed by atoms with Gasteiger partial charge in [-0.3, -0.25) is 4.99 Å². The maximum absolute atomic E-state index is 12.1. The van der Waals surface area contributed by atoms with Gasteiger partial charge in [0.05, 0.1) is 12.7 Å². The summed E-state index contributed by atoms with van der Waals surface area (Å²) in [5, 5.41) is 3.15. The second-order valence-corrected chi connectivity index (χ2v) is 5.95. The molecule has 2 saturated heterocycles. The largest absolute Gasteiger partial charge is 0.389 e. The third-order valence-corrected chi connectivity index (χ3v) is 4.15. The quantitative estimate of drug-likeness (QED) is 0.474. The molecule has 2 fully saturated rings. The zero-order chi connectivity index (χ0) is 16.7. The number of guanidine groups is 1. The first-order valence-electron chi connectivity index (χ1n) is 8.25. The van der Waals surface area contributed by atoms with Crippen LogP contribution in [0.2, 0.25) is 0 Å². The molecular formula is C15H26F3N3O2. The molecule has 0 aromatic rings. The van der Waals surface area contributed by atoms with Gasteiger partial charge in [0.2, 0.25) is 0 Å². The Labute approximate surface area is 135 Å². The smallest absolute Gasteiger partial charge is 0.375 e. The van der Waals surface area contributed by atoms with Gasteiger partial charge in [0.1, 0.15) is 6.10 Å². The Morgan fingerprint density at radius 2 is 2.00 bits per heavy atom. The van der Waals surface area contributed by atoms with Crippen LogP contribution in [0.15, 0.2) is 4.99 Å². The monoisotopic (exact) mass is 337 g/mol. The fourth-order valence-electron chi connectivity index (χ4n) is 2.97. The van der Waals surface area contributed by atoms with Gasteiger partial charge in [-0.05, 0) is 25.7 Å². The maximum Gasteiger partial charge on any atom is 0.389 e. The summed E-state index contributed by atoms with van der Waals surface area (Å²) in [5.41, 5.74) is 0. The lowest BCUT2D eigenvalue weighted by Gasteiger charge is -2.37. The van der Waals surface area contributed by atoms with E-state index < -0.39 is 12.6 Å². The van der Waals surface area contributed by atoms with E-state index in [0.717, 1.165) is 32.0 Å². The highest BCUT2D eigenvalue weighted by Gasteiger charge is 2.32. The molecule has 5 nitrogen and oxygen atoms in total. The number of morpholine rings is 1. The summed E-state index contributed by atoms with van der Waals surface area (Å²) < 4.78 is 47.8. The second kappa shape index (κ2) is 8.73. The fourth-order valence-corrected chi connectivity index (χ4v) is 2.97. The summed E-state index contributed by atoms with van der Waals surface area (Å²) >= 11 is 0. The molecule has 0 spiro atoms. The molecule has 134 valence electrons. The van der Waals surface area contributed by atoms with Crippen molar-refractivity contribution in [3.8, 4) is 0 Å². The van der Waals surface area contributed by atoms with Crippen LogP contribution in [0.3, 0.4) is 0 Å². The van der Waals surface area contributed by atoms with Crippen molar-refractivity contribution in [3.63, 3.8) is 0 Å². The van der Waals surface area contributed by atoms with Crippen LogP contribution in [0.4, 0.5) is 13.2 Å². The molecule has 2 heterocycles. The van der Waals surface area contributed by atoms with E-state index in [1.54, 1.807) is 7.05 Å². The van der Waals surface area contributed by atoms with Gasteiger partial charge in [-0.15, -0.1) is 0 Å². The molecule has 0 radical (unpaired) electrons. The summed E-state index contributed by atoms with van der Waals surface area (Å²) in [6.07, 6.45) is -1.93. The Kier molecular flexibility index (Phi) is 6.95. The minimum atomic E-state index is -4.07. The number of ether oxygens (including phenoxy) is 2. The van der Waals surface area contributed by atoms with E-state index in [9.17, 15) is 13.2 Å². The van der Waals surface area contributed by atoms with E-state index in [1.807, 2.05) is 0 Å². The molecule has 0 aliphatic carbocycles. The molecule has 2 aliphatic heterocycles. The number of rotatable bonds is 5. The standard InChI is InChI=1S/C15H26F3N3O2/c1-19-14(20-7-3-2-6-15(16,17)18)21-8-10-23-13(11-21)12-5-4-9-22-12/h12-13H,2-11H2,1H3,(H,19,20). The van der Waals surface area contributed by atoms with Crippen molar-refractivity contribution < 1.29 is 22.6 Å². The normalized spacial score (nSPS) is 26.6. The van der Waals surface area contributed by atoms with E-state index >= 15 is 0 Å². The highest BCUT2D eigenvalue weighted by Crippen LogP contribution is 2.22. The number of unbranched alkanes of at least 4 members (excludes halogenated alkanes) is 1. The molecule has 8 heteroatoms. The second-order valence-electron chi connectivity index (χ2n) is 5.95. The summed E-state index contributed by atoms with van der Waals surface area (Å²) in [5.74, 6) is 0.725. The Hall–Kier alpha value is -1.02. The van der Waals surface area contributed by atoms with Gasteiger partial charge in [-0.1, -0.05) is 0 Å². The lowest BCUT2D eigenvalue weighted by atomic mass is 10.1. The molecule has 0 amide bonds. The Morgan fingerprint density at radius 3 is 2.65 bits per heavy atom. The predicted molar refractivity (Wildman–Crippen MR) is 81.6 cm³/mol. The summed E-state index contributed by atoms with van der Waals surface area (Å²) in [7, 11) is 1.69. The molecule has 0 bridgehead atoms. The Balaban J connectivity index is 1.72. The molecule has 1 N–H and O–H groups in total. The van der Waals surface area contributed by atoms with Crippen molar-refractivity contribution in [2.24, 2.45) is 4.99 Å². The van der Waals surface area contributed by atoms with Crippen LogP contribution in [-0.4, -0.2) is 69.1 Å². The number of nitrogens with one attached hydrogen (secondary N) is 1. The molecule has 0 aromatic carbocycles. The number of nitrogens with zero attached hydrogens (tertiary/aromatic N) is 2. The van der Waals surface area contributed by atoms with Crippen LogP contribution in [0.25, 0.3) is 0 Å². The van der Waals surface area contributed by atoms with Gasteiger partial charge in [0.25, 0.3) is 0 Å². The van der Waals surface area contributed by atoms with Crippen molar-refractivity contribution >= 4 is 5.96 Å². The molecule has 2 unspecified atom stereocenters. The molecule has 2 atom stereocenters. The number of alkyl halides is 3. The van der Waals surface area contributed by atoms with E-state index in [2.05, 4.69) is 15.2 Å². The molecule has 23 heavy (non-hydrogen) atoms. The van der Waals surface area contributed by atoms with E-state index in [4.69, 9.17) is 9.47 Å². The Morgan fingerprint density at radius 1 is 1.22 bits per heavy atom. The first-order chi connectivity index (χ1) is 11.0. The van der Waals surface area contributed by atoms with E-state index in [-0.39, 0.29) is 18.6 Å². The third-order valence-electron chi connectivity index (χ3n) is 4.15. The van der Waals surface area contributed by atoms with Crippen molar-refractivity contribution in [1.82, 2.24) is 10.2 Å². The highest BCUT2D eigenvalue weighted by molar-refractivity contribution is 5.80. The van der Waals surface area contributed by atoms with E-state index in [1.165, 1.54) is 0 Å². The Bertz CT molecular complexity index is 385. The van der Waals surface area contributed by atoms with Gasteiger partial charge in [-0.25, -0.2) is 0 Å². The van der Waals surface area contributed by atoms with Gasteiger partial charge < -0.3 is 19.7 Å². The molecule has 2 rings (SSSR count). The van der Waals surface area contributed by atoms with Crippen molar-refractivity contribution in [3.05, 3.63) is 0 Å². The molecular weight excluding hydrogens is 311 g/mol. The minimum absolute atomic E-state index is 0.0371. The van der Waals surface area contributed by atoms with Crippen LogP contribution < -0.4 is 5.32 Å². The first kappa shape index (κ1) is 18.3. The van der Waals surface area contributed by atoms with Gasteiger partial charge >= 0.3 is 6.18 Å². The van der Waals surface area contributed by atoms with Crippen LogP contribution in [0.1, 0.15) is 32.1 Å². The van der Waals surface area contributed by atoms with Crippen molar-refractivity contribution in [1.29, 1.82) is 0 Å². The average Bonchev–Trinajstić information content (AvgIpc) is 3.04. The summed E-state index contributed by atoms with van der Waals surface area (Å²) in [6, 6.07) is 0. The molecule has 0 saturated carbocycles.